The summed E-state index contributed by atoms with van der Waals surface area (Å²) in [5, 5.41) is 0. The summed E-state index contributed by atoms with van der Waals surface area (Å²) < 4.78 is 33.4. The van der Waals surface area contributed by atoms with Gasteiger partial charge in [0, 0.05) is 5.69 Å². The summed E-state index contributed by atoms with van der Waals surface area (Å²) in [6, 6.07) is 4.11. The fourth-order valence-electron chi connectivity index (χ4n) is 1.17. The number of benzene rings is 1. The van der Waals surface area contributed by atoms with Gasteiger partial charge >= 0.3 is 5.97 Å². The monoisotopic (exact) mass is 245 g/mol. The summed E-state index contributed by atoms with van der Waals surface area (Å²) in [6.07, 6.45) is -2.57. The molecule has 0 saturated carbocycles. The van der Waals surface area contributed by atoms with Crippen LogP contribution in [-0.2, 0) is 4.74 Å². The van der Waals surface area contributed by atoms with Crippen LogP contribution in [0.5, 0.6) is 5.75 Å². The van der Waals surface area contributed by atoms with E-state index in [0.29, 0.717) is 0 Å². The number of nitrogens with two attached hydrogens (primary N) is 1. The Balaban J connectivity index is 2.82. The van der Waals surface area contributed by atoms with E-state index in [2.05, 4.69) is 0 Å². The molecule has 4 nitrogen and oxygen atoms in total. The number of rotatable bonds is 5. The standard InChI is InChI=1S/C11H13F2NO3/c1-2-16-11(15)8-5-7(3-4-9(8)14)17-6-10(12)13/h3-5,10H,2,6,14H2,1H3. The number of ether oxygens (including phenoxy) is 2. The summed E-state index contributed by atoms with van der Waals surface area (Å²) in [7, 11) is 0. The first-order valence-electron chi connectivity index (χ1n) is 5.02. The van der Waals surface area contributed by atoms with Crippen molar-refractivity contribution in [1.29, 1.82) is 0 Å². The molecule has 1 aromatic rings. The third-order valence-electron chi connectivity index (χ3n) is 1.90. The van der Waals surface area contributed by atoms with E-state index in [4.69, 9.17) is 15.2 Å². The molecule has 0 aromatic heterocycles. The molecule has 0 aliphatic carbocycles. The quantitative estimate of drug-likeness (QED) is 0.637. The lowest BCUT2D eigenvalue weighted by Gasteiger charge is -2.09. The van der Waals surface area contributed by atoms with Gasteiger partial charge in [0.2, 0.25) is 0 Å². The fraction of sp³-hybridized carbons (Fsp3) is 0.364. The Hall–Kier alpha value is -1.85. The van der Waals surface area contributed by atoms with E-state index >= 15 is 0 Å². The van der Waals surface area contributed by atoms with Gasteiger partial charge in [-0.3, -0.25) is 0 Å². The van der Waals surface area contributed by atoms with Crippen molar-refractivity contribution in [1.82, 2.24) is 0 Å². The molecule has 0 bridgehead atoms. The Labute approximate surface area is 97.3 Å². The van der Waals surface area contributed by atoms with Crippen molar-refractivity contribution >= 4 is 11.7 Å². The van der Waals surface area contributed by atoms with E-state index < -0.39 is 19.0 Å². The maximum absolute atomic E-state index is 11.9. The molecule has 0 atom stereocenters. The number of alkyl halides is 2. The number of carbonyl (C=O) groups is 1. The lowest BCUT2D eigenvalue weighted by Crippen LogP contribution is -2.10. The molecule has 0 saturated heterocycles. The molecule has 0 radical (unpaired) electrons. The van der Waals surface area contributed by atoms with Crippen molar-refractivity contribution in [2.24, 2.45) is 0 Å². The van der Waals surface area contributed by atoms with Gasteiger partial charge in [0.1, 0.15) is 12.4 Å². The second kappa shape index (κ2) is 6.03. The molecule has 94 valence electrons. The third-order valence-corrected chi connectivity index (χ3v) is 1.90. The van der Waals surface area contributed by atoms with E-state index in [1.807, 2.05) is 0 Å². The van der Waals surface area contributed by atoms with Crippen molar-refractivity contribution in [3.05, 3.63) is 23.8 Å². The summed E-state index contributed by atoms with van der Waals surface area (Å²) in [6.45, 7) is 1.14. The van der Waals surface area contributed by atoms with E-state index in [1.54, 1.807) is 6.92 Å². The Morgan fingerprint density at radius 1 is 1.47 bits per heavy atom. The van der Waals surface area contributed by atoms with Gasteiger partial charge in [-0.1, -0.05) is 0 Å². The van der Waals surface area contributed by atoms with E-state index in [1.165, 1.54) is 18.2 Å². The van der Waals surface area contributed by atoms with Gasteiger partial charge in [0.15, 0.2) is 0 Å². The van der Waals surface area contributed by atoms with Gasteiger partial charge in [-0.25, -0.2) is 13.6 Å². The van der Waals surface area contributed by atoms with Crippen molar-refractivity contribution in [2.75, 3.05) is 18.9 Å². The minimum Gasteiger partial charge on any atom is -0.488 e. The van der Waals surface area contributed by atoms with E-state index in [-0.39, 0.29) is 23.6 Å². The number of carbonyl (C=O) groups excluding carboxylic acids is 1. The second-order valence-corrected chi connectivity index (χ2v) is 3.17. The van der Waals surface area contributed by atoms with Crippen molar-refractivity contribution in [3.63, 3.8) is 0 Å². The van der Waals surface area contributed by atoms with E-state index in [9.17, 15) is 13.6 Å². The number of esters is 1. The van der Waals surface area contributed by atoms with Gasteiger partial charge < -0.3 is 15.2 Å². The van der Waals surface area contributed by atoms with Crippen LogP contribution in [0.2, 0.25) is 0 Å². The molecule has 2 N–H and O–H groups in total. The topological polar surface area (TPSA) is 61.5 Å². The summed E-state index contributed by atoms with van der Waals surface area (Å²) in [5.41, 5.74) is 5.90. The average molecular weight is 245 g/mol. The van der Waals surface area contributed by atoms with Crippen LogP contribution in [0.15, 0.2) is 18.2 Å². The molecule has 0 fully saturated rings. The molecule has 0 unspecified atom stereocenters. The van der Waals surface area contributed by atoms with Crippen molar-refractivity contribution in [2.45, 2.75) is 13.3 Å². The molecule has 0 amide bonds. The maximum atomic E-state index is 11.9. The van der Waals surface area contributed by atoms with Gasteiger partial charge in [-0.15, -0.1) is 0 Å². The van der Waals surface area contributed by atoms with Crippen molar-refractivity contribution < 1.29 is 23.0 Å². The fourth-order valence-corrected chi connectivity index (χ4v) is 1.17. The number of hydrogen-bond donors (Lipinski definition) is 1. The van der Waals surface area contributed by atoms with Crippen LogP contribution >= 0.6 is 0 Å². The van der Waals surface area contributed by atoms with Crippen LogP contribution in [0.3, 0.4) is 0 Å². The summed E-state index contributed by atoms with van der Waals surface area (Å²) in [5.74, 6) is -0.449. The molecule has 0 aliphatic rings. The zero-order chi connectivity index (χ0) is 12.8. The predicted octanol–water partition coefficient (Wildman–Crippen LogP) is 2.09. The van der Waals surface area contributed by atoms with Gasteiger partial charge in [-0.2, -0.15) is 0 Å². The highest BCUT2D eigenvalue weighted by molar-refractivity contribution is 5.95. The Kier molecular flexibility index (Phi) is 4.68. The van der Waals surface area contributed by atoms with Crippen LogP contribution in [0.1, 0.15) is 17.3 Å². The average Bonchev–Trinajstić information content (AvgIpc) is 2.28. The van der Waals surface area contributed by atoms with Crippen LogP contribution in [0.4, 0.5) is 14.5 Å². The molecule has 0 spiro atoms. The predicted molar refractivity (Wildman–Crippen MR) is 58.3 cm³/mol. The largest absolute Gasteiger partial charge is 0.488 e. The zero-order valence-corrected chi connectivity index (χ0v) is 9.28. The lowest BCUT2D eigenvalue weighted by atomic mass is 10.2. The Morgan fingerprint density at radius 2 is 2.18 bits per heavy atom. The maximum Gasteiger partial charge on any atom is 0.340 e. The van der Waals surface area contributed by atoms with Crippen LogP contribution < -0.4 is 10.5 Å². The first kappa shape index (κ1) is 13.2. The molecule has 0 heterocycles. The highest BCUT2D eigenvalue weighted by Crippen LogP contribution is 2.21. The number of halogens is 2. The van der Waals surface area contributed by atoms with Crippen LogP contribution in [0, 0.1) is 0 Å². The minimum absolute atomic E-state index is 0.110. The second-order valence-electron chi connectivity index (χ2n) is 3.17. The molecule has 1 rings (SSSR count). The molecule has 1 aromatic carbocycles. The van der Waals surface area contributed by atoms with Crippen LogP contribution in [-0.4, -0.2) is 25.6 Å². The summed E-state index contributed by atoms with van der Waals surface area (Å²) >= 11 is 0. The molecular weight excluding hydrogens is 232 g/mol. The van der Waals surface area contributed by atoms with Crippen LogP contribution in [0.25, 0.3) is 0 Å². The molecule has 17 heavy (non-hydrogen) atoms. The first-order chi connectivity index (χ1) is 8.04. The highest BCUT2D eigenvalue weighted by atomic mass is 19.3. The highest BCUT2D eigenvalue weighted by Gasteiger charge is 2.12. The molecule has 6 heteroatoms. The SMILES string of the molecule is CCOC(=O)c1cc(OCC(F)F)ccc1N. The lowest BCUT2D eigenvalue weighted by molar-refractivity contribution is 0.0526. The summed E-state index contributed by atoms with van der Waals surface area (Å²) in [4.78, 5) is 11.4. The van der Waals surface area contributed by atoms with Gasteiger partial charge in [-0.05, 0) is 25.1 Å². The Bertz CT molecular complexity index is 396. The number of hydrogen-bond acceptors (Lipinski definition) is 4. The normalized spacial score (nSPS) is 10.4. The smallest absolute Gasteiger partial charge is 0.340 e. The molecular formula is C11H13F2NO3. The van der Waals surface area contributed by atoms with Gasteiger partial charge in [0.25, 0.3) is 6.43 Å². The first-order valence-corrected chi connectivity index (χ1v) is 5.02. The zero-order valence-electron chi connectivity index (χ0n) is 9.28. The number of nitrogen functional groups attached to an aromatic ring is 1. The van der Waals surface area contributed by atoms with Gasteiger partial charge in [0.05, 0.1) is 12.2 Å². The van der Waals surface area contributed by atoms with Crippen molar-refractivity contribution in [3.8, 4) is 5.75 Å². The number of anilines is 1. The third kappa shape index (κ3) is 3.90. The minimum atomic E-state index is -2.57. The van der Waals surface area contributed by atoms with E-state index in [0.717, 1.165) is 0 Å². The molecule has 0 aliphatic heterocycles. The Morgan fingerprint density at radius 3 is 2.76 bits per heavy atom.